The van der Waals surface area contributed by atoms with Gasteiger partial charge in [0, 0.05) is 17.7 Å². The van der Waals surface area contributed by atoms with Crippen molar-refractivity contribution in [1.29, 1.82) is 0 Å². The number of carbonyl (C=O) groups excluding carboxylic acids is 1. The Morgan fingerprint density at radius 2 is 2.17 bits per heavy atom. The molecule has 4 nitrogen and oxygen atoms in total. The Hall–Kier alpha value is -1.16. The van der Waals surface area contributed by atoms with E-state index in [2.05, 4.69) is 31.2 Å². The maximum Gasteiger partial charge on any atom is 0.144 e. The quantitative estimate of drug-likeness (QED) is 0.887. The summed E-state index contributed by atoms with van der Waals surface area (Å²) in [6.45, 7) is 8.17. The molecule has 1 aromatic heterocycles. The zero-order valence-corrected chi connectivity index (χ0v) is 11.6. The van der Waals surface area contributed by atoms with Crippen LogP contribution in [0.4, 0.5) is 0 Å². The maximum absolute atomic E-state index is 12.4. The molecule has 1 aromatic rings. The molecule has 1 saturated heterocycles. The van der Waals surface area contributed by atoms with Crippen molar-refractivity contribution in [3.8, 4) is 0 Å². The van der Waals surface area contributed by atoms with Gasteiger partial charge >= 0.3 is 0 Å². The summed E-state index contributed by atoms with van der Waals surface area (Å²) in [7, 11) is 0. The number of aromatic nitrogens is 2. The summed E-state index contributed by atoms with van der Waals surface area (Å²) < 4.78 is 1.91. The first-order chi connectivity index (χ1) is 8.51. The van der Waals surface area contributed by atoms with Crippen molar-refractivity contribution in [1.82, 2.24) is 15.1 Å². The van der Waals surface area contributed by atoms with Gasteiger partial charge in [-0.15, -0.1) is 0 Å². The van der Waals surface area contributed by atoms with Crippen LogP contribution in [0.15, 0.2) is 12.3 Å². The van der Waals surface area contributed by atoms with Crippen LogP contribution in [0.25, 0.3) is 0 Å². The molecule has 1 N–H and O–H groups in total. The monoisotopic (exact) mass is 249 g/mol. The van der Waals surface area contributed by atoms with Crippen molar-refractivity contribution in [2.24, 2.45) is 5.41 Å². The molecule has 0 radical (unpaired) electrons. The van der Waals surface area contributed by atoms with E-state index in [1.807, 2.05) is 16.9 Å². The molecule has 18 heavy (non-hydrogen) atoms. The van der Waals surface area contributed by atoms with Crippen LogP contribution in [0.5, 0.6) is 0 Å². The summed E-state index contributed by atoms with van der Waals surface area (Å²) in [6.07, 6.45) is 4.31. The van der Waals surface area contributed by atoms with Crippen molar-refractivity contribution in [2.75, 3.05) is 13.1 Å². The number of nitrogens with one attached hydrogen (secondary N) is 1. The molecule has 0 bridgehead atoms. The summed E-state index contributed by atoms with van der Waals surface area (Å²) in [6, 6.07) is 2.31. The average molecular weight is 249 g/mol. The average Bonchev–Trinajstić information content (AvgIpc) is 2.78. The van der Waals surface area contributed by atoms with E-state index in [0.717, 1.165) is 31.6 Å². The third-order valence-corrected chi connectivity index (χ3v) is 3.91. The molecule has 1 aliphatic heterocycles. The highest BCUT2D eigenvalue weighted by Gasteiger charge is 2.34. The first-order valence-electron chi connectivity index (χ1n) is 6.79. The zero-order valence-electron chi connectivity index (χ0n) is 11.6. The normalized spacial score (nSPS) is 19.1. The number of piperidine rings is 1. The molecule has 0 spiro atoms. The van der Waals surface area contributed by atoms with Gasteiger partial charge in [0.15, 0.2) is 0 Å². The number of carbonyl (C=O) groups is 1. The third kappa shape index (κ3) is 2.80. The third-order valence-electron chi connectivity index (χ3n) is 3.91. The molecule has 2 heterocycles. The predicted molar refractivity (Wildman–Crippen MR) is 71.5 cm³/mol. The summed E-state index contributed by atoms with van der Waals surface area (Å²) in [5.74, 6) is 0.331. The van der Waals surface area contributed by atoms with Crippen molar-refractivity contribution in [3.05, 3.63) is 18.0 Å². The molecule has 2 rings (SSSR count). The summed E-state index contributed by atoms with van der Waals surface area (Å²) in [5, 5.41) is 7.76. The molecule has 0 aliphatic carbocycles. The van der Waals surface area contributed by atoms with Crippen molar-refractivity contribution in [3.63, 3.8) is 0 Å². The van der Waals surface area contributed by atoms with Crippen LogP contribution in [0, 0.1) is 5.41 Å². The highest BCUT2D eigenvalue weighted by atomic mass is 16.1. The molecule has 4 heteroatoms. The van der Waals surface area contributed by atoms with Gasteiger partial charge in [0.1, 0.15) is 5.78 Å². The zero-order chi connectivity index (χ0) is 13.2. The molecular weight excluding hydrogens is 226 g/mol. The van der Waals surface area contributed by atoms with Gasteiger partial charge in [-0.2, -0.15) is 5.10 Å². The van der Waals surface area contributed by atoms with Gasteiger partial charge in [-0.05, 0) is 45.8 Å². The Kier molecular flexibility index (Phi) is 3.85. The molecule has 0 atom stereocenters. The highest BCUT2D eigenvalue weighted by molar-refractivity contribution is 5.86. The lowest BCUT2D eigenvalue weighted by atomic mass is 9.76. The maximum atomic E-state index is 12.4. The van der Waals surface area contributed by atoms with E-state index in [9.17, 15) is 4.79 Å². The Morgan fingerprint density at radius 3 is 2.72 bits per heavy atom. The van der Waals surface area contributed by atoms with E-state index >= 15 is 0 Å². The molecule has 0 unspecified atom stereocenters. The van der Waals surface area contributed by atoms with E-state index in [1.54, 1.807) is 0 Å². The van der Waals surface area contributed by atoms with Crippen molar-refractivity contribution in [2.45, 2.75) is 46.1 Å². The molecule has 1 aliphatic rings. The Bertz CT molecular complexity index is 416. The van der Waals surface area contributed by atoms with Crippen LogP contribution in [0.3, 0.4) is 0 Å². The van der Waals surface area contributed by atoms with Crippen LogP contribution in [-0.4, -0.2) is 28.7 Å². The van der Waals surface area contributed by atoms with Crippen LogP contribution in [0.2, 0.25) is 0 Å². The van der Waals surface area contributed by atoms with Crippen LogP contribution in [0.1, 0.15) is 45.3 Å². The van der Waals surface area contributed by atoms with Gasteiger partial charge in [0.05, 0.1) is 12.1 Å². The van der Waals surface area contributed by atoms with Crippen molar-refractivity contribution >= 4 is 5.78 Å². The lowest BCUT2D eigenvalue weighted by Crippen LogP contribution is -2.40. The Balaban J connectivity index is 2.01. The standard InChI is InChI=1S/C14H23N3O/c1-11(2)17-9-4-12(16-17)10-13(18)14(3)5-7-15-8-6-14/h4,9,11,15H,5-8,10H2,1-3H3. The van der Waals surface area contributed by atoms with Crippen LogP contribution < -0.4 is 5.32 Å². The fourth-order valence-corrected chi connectivity index (χ4v) is 2.39. The van der Waals surface area contributed by atoms with E-state index < -0.39 is 0 Å². The van der Waals surface area contributed by atoms with Gasteiger partial charge in [-0.25, -0.2) is 0 Å². The Morgan fingerprint density at radius 1 is 1.50 bits per heavy atom. The molecule has 0 aromatic carbocycles. The second kappa shape index (κ2) is 5.22. The largest absolute Gasteiger partial charge is 0.317 e. The lowest BCUT2D eigenvalue weighted by Gasteiger charge is -2.32. The molecule has 1 fully saturated rings. The molecular formula is C14H23N3O. The van der Waals surface area contributed by atoms with E-state index in [1.165, 1.54) is 0 Å². The summed E-state index contributed by atoms with van der Waals surface area (Å²) in [5.41, 5.74) is 0.737. The second-order valence-electron chi connectivity index (χ2n) is 5.79. The van der Waals surface area contributed by atoms with E-state index in [-0.39, 0.29) is 5.41 Å². The summed E-state index contributed by atoms with van der Waals surface area (Å²) >= 11 is 0. The van der Waals surface area contributed by atoms with E-state index in [0.29, 0.717) is 18.2 Å². The smallest absolute Gasteiger partial charge is 0.144 e. The number of rotatable bonds is 4. The number of hydrogen-bond donors (Lipinski definition) is 1. The predicted octanol–water partition coefficient (Wildman–Crippen LogP) is 1.97. The molecule has 0 saturated carbocycles. The first kappa shape index (κ1) is 13.3. The van der Waals surface area contributed by atoms with Crippen molar-refractivity contribution < 1.29 is 4.79 Å². The Labute approximate surface area is 109 Å². The fourth-order valence-electron chi connectivity index (χ4n) is 2.39. The van der Waals surface area contributed by atoms with Crippen LogP contribution >= 0.6 is 0 Å². The van der Waals surface area contributed by atoms with Crippen LogP contribution in [-0.2, 0) is 11.2 Å². The van der Waals surface area contributed by atoms with Gasteiger partial charge in [0.25, 0.3) is 0 Å². The molecule has 100 valence electrons. The van der Waals surface area contributed by atoms with E-state index in [4.69, 9.17) is 0 Å². The number of Topliss-reactive ketones (excluding diaryl/α,β-unsaturated/α-hetero) is 1. The minimum absolute atomic E-state index is 0.160. The minimum atomic E-state index is -0.160. The topological polar surface area (TPSA) is 46.9 Å². The van der Waals surface area contributed by atoms with Gasteiger partial charge < -0.3 is 5.32 Å². The summed E-state index contributed by atoms with van der Waals surface area (Å²) in [4.78, 5) is 12.4. The minimum Gasteiger partial charge on any atom is -0.317 e. The second-order valence-corrected chi connectivity index (χ2v) is 5.79. The molecule has 0 amide bonds. The number of ketones is 1. The van der Waals surface area contributed by atoms with Gasteiger partial charge in [-0.3, -0.25) is 9.48 Å². The van der Waals surface area contributed by atoms with Gasteiger partial charge in [0.2, 0.25) is 0 Å². The fraction of sp³-hybridized carbons (Fsp3) is 0.714. The number of hydrogen-bond acceptors (Lipinski definition) is 3. The van der Waals surface area contributed by atoms with Gasteiger partial charge in [-0.1, -0.05) is 6.92 Å². The lowest BCUT2D eigenvalue weighted by molar-refractivity contribution is -0.128. The number of nitrogens with zero attached hydrogens (tertiary/aromatic N) is 2. The highest BCUT2D eigenvalue weighted by Crippen LogP contribution is 2.30. The first-order valence-corrected chi connectivity index (χ1v) is 6.79. The SMILES string of the molecule is CC(C)n1ccc(CC(=O)C2(C)CCNCC2)n1.